The molecule has 2 N–H and O–H groups in total. The van der Waals surface area contributed by atoms with E-state index in [1.165, 1.54) is 0 Å². The van der Waals surface area contributed by atoms with Gasteiger partial charge in [0.2, 0.25) is 11.7 Å². The lowest BCUT2D eigenvalue weighted by molar-refractivity contribution is 0.0854. The van der Waals surface area contributed by atoms with E-state index >= 15 is 0 Å². The minimum atomic E-state index is -0.0951. The highest BCUT2D eigenvalue weighted by Crippen LogP contribution is 2.20. The molecule has 0 saturated carbocycles. The molecule has 2 rings (SSSR count). The predicted molar refractivity (Wildman–Crippen MR) is 76.1 cm³/mol. The smallest absolute Gasteiger partial charge is 0.231 e. The first-order valence-corrected chi connectivity index (χ1v) is 6.90. The Morgan fingerprint density at radius 1 is 1.30 bits per heavy atom. The van der Waals surface area contributed by atoms with Gasteiger partial charge < -0.3 is 15.0 Å². The van der Waals surface area contributed by atoms with E-state index in [1.54, 1.807) is 7.11 Å². The van der Waals surface area contributed by atoms with Crippen molar-refractivity contribution in [3.8, 4) is 0 Å². The summed E-state index contributed by atoms with van der Waals surface area (Å²) in [5.41, 5.74) is 7.95. The van der Waals surface area contributed by atoms with Crippen LogP contribution >= 0.6 is 0 Å². The Balaban J connectivity index is 2.13. The van der Waals surface area contributed by atoms with Crippen molar-refractivity contribution in [2.24, 2.45) is 5.73 Å². The van der Waals surface area contributed by atoms with Gasteiger partial charge in [0.05, 0.1) is 6.42 Å². The summed E-state index contributed by atoms with van der Waals surface area (Å²) >= 11 is 0. The highest BCUT2D eigenvalue weighted by atomic mass is 16.5. The van der Waals surface area contributed by atoms with Crippen molar-refractivity contribution in [2.45, 2.75) is 38.8 Å². The van der Waals surface area contributed by atoms with Crippen LogP contribution in [-0.4, -0.2) is 17.3 Å². The maximum absolute atomic E-state index is 5.73. The van der Waals surface area contributed by atoms with Crippen LogP contribution in [-0.2, 0) is 17.7 Å². The average Bonchev–Trinajstić information content (AvgIpc) is 2.93. The van der Waals surface area contributed by atoms with Crippen molar-refractivity contribution in [3.05, 3.63) is 47.1 Å². The Morgan fingerprint density at radius 2 is 2.05 bits per heavy atom. The van der Waals surface area contributed by atoms with Crippen LogP contribution in [0.4, 0.5) is 0 Å². The third kappa shape index (κ3) is 3.43. The molecule has 1 atom stereocenters. The predicted octanol–water partition coefficient (Wildman–Crippen LogP) is 2.61. The average molecular weight is 275 g/mol. The summed E-state index contributed by atoms with van der Waals surface area (Å²) in [5, 5.41) is 4.02. The van der Waals surface area contributed by atoms with Crippen LogP contribution in [0.2, 0.25) is 0 Å². The zero-order valence-electron chi connectivity index (χ0n) is 12.0. The molecule has 2 aromatic rings. The lowest BCUT2D eigenvalue weighted by atomic mass is 10.0. The summed E-state index contributed by atoms with van der Waals surface area (Å²) in [6.07, 6.45) is 2.40. The summed E-state index contributed by atoms with van der Waals surface area (Å²) in [6, 6.07) is 8.02. The van der Waals surface area contributed by atoms with Crippen LogP contribution in [0.3, 0.4) is 0 Å². The molecule has 5 nitrogen and oxygen atoms in total. The quantitative estimate of drug-likeness (QED) is 0.840. The molecule has 0 aliphatic rings. The Labute approximate surface area is 119 Å². The van der Waals surface area contributed by atoms with Crippen LogP contribution in [0.25, 0.3) is 0 Å². The van der Waals surface area contributed by atoms with E-state index in [0.29, 0.717) is 24.7 Å². The number of ether oxygens (including phenoxy) is 1. The molecule has 20 heavy (non-hydrogen) atoms. The van der Waals surface area contributed by atoms with E-state index in [1.807, 2.05) is 24.3 Å². The Kier molecular flexibility index (Phi) is 5.26. The number of rotatable bonds is 7. The lowest BCUT2D eigenvalue weighted by Crippen LogP contribution is -2.04. The topological polar surface area (TPSA) is 74.2 Å². The first-order chi connectivity index (χ1) is 9.78. The van der Waals surface area contributed by atoms with E-state index in [4.69, 9.17) is 15.0 Å². The van der Waals surface area contributed by atoms with Crippen LogP contribution in [0.15, 0.2) is 28.8 Å². The Morgan fingerprint density at radius 3 is 2.70 bits per heavy atom. The molecule has 0 radical (unpaired) electrons. The molecule has 1 aromatic heterocycles. The van der Waals surface area contributed by atoms with Crippen molar-refractivity contribution >= 4 is 0 Å². The third-order valence-corrected chi connectivity index (χ3v) is 3.29. The number of methoxy groups -OCH3 is 1. The van der Waals surface area contributed by atoms with Crippen LogP contribution < -0.4 is 5.73 Å². The molecular formula is C15H21N3O2. The highest BCUT2D eigenvalue weighted by molar-refractivity contribution is 5.29. The van der Waals surface area contributed by atoms with Gasteiger partial charge in [-0.1, -0.05) is 42.8 Å². The van der Waals surface area contributed by atoms with E-state index in [-0.39, 0.29) is 6.10 Å². The summed E-state index contributed by atoms with van der Waals surface area (Å²) < 4.78 is 10.7. The van der Waals surface area contributed by atoms with Crippen molar-refractivity contribution in [1.29, 1.82) is 0 Å². The maximum Gasteiger partial charge on any atom is 0.231 e. The summed E-state index contributed by atoms with van der Waals surface area (Å²) in [7, 11) is 1.67. The summed E-state index contributed by atoms with van der Waals surface area (Å²) in [6.45, 7) is 2.61. The lowest BCUT2D eigenvalue weighted by Gasteiger charge is -2.08. The van der Waals surface area contributed by atoms with Crippen LogP contribution in [0.1, 0.15) is 48.7 Å². The van der Waals surface area contributed by atoms with Crippen LogP contribution in [0.5, 0.6) is 0 Å². The Bertz CT molecular complexity index is 539. The van der Waals surface area contributed by atoms with E-state index < -0.39 is 0 Å². The molecule has 0 bridgehead atoms. The molecule has 108 valence electrons. The van der Waals surface area contributed by atoms with Gasteiger partial charge in [-0.05, 0) is 17.5 Å². The number of hydrogen-bond donors (Lipinski definition) is 1. The minimum Gasteiger partial charge on any atom is -0.373 e. The molecular weight excluding hydrogens is 254 g/mol. The highest BCUT2D eigenvalue weighted by Gasteiger charge is 2.17. The van der Waals surface area contributed by atoms with E-state index in [2.05, 4.69) is 17.1 Å². The molecule has 0 spiro atoms. The number of hydrogen-bond acceptors (Lipinski definition) is 5. The number of benzene rings is 1. The van der Waals surface area contributed by atoms with Gasteiger partial charge >= 0.3 is 0 Å². The molecule has 1 unspecified atom stereocenters. The van der Waals surface area contributed by atoms with Crippen molar-refractivity contribution in [1.82, 2.24) is 10.1 Å². The van der Waals surface area contributed by atoms with Crippen molar-refractivity contribution in [3.63, 3.8) is 0 Å². The molecule has 0 fully saturated rings. The Hall–Kier alpha value is -1.72. The monoisotopic (exact) mass is 275 g/mol. The van der Waals surface area contributed by atoms with Gasteiger partial charge in [0.15, 0.2) is 0 Å². The minimum absolute atomic E-state index is 0.0951. The fraction of sp³-hybridized carbons (Fsp3) is 0.467. The molecule has 5 heteroatoms. The second-order valence-electron chi connectivity index (χ2n) is 4.71. The SMILES string of the molecule is CCCC(OC)c1noc(Cc2ccccc2CN)n1. The molecule has 0 aliphatic heterocycles. The van der Waals surface area contributed by atoms with Gasteiger partial charge in [0, 0.05) is 13.7 Å². The second kappa shape index (κ2) is 7.17. The molecule has 0 saturated heterocycles. The number of nitrogens with zero attached hydrogens (tertiary/aromatic N) is 2. The second-order valence-corrected chi connectivity index (χ2v) is 4.71. The summed E-state index contributed by atoms with van der Waals surface area (Å²) in [5.74, 6) is 1.22. The fourth-order valence-corrected chi connectivity index (χ4v) is 2.18. The van der Waals surface area contributed by atoms with E-state index in [9.17, 15) is 0 Å². The van der Waals surface area contributed by atoms with Gasteiger partial charge in [-0.25, -0.2) is 0 Å². The third-order valence-electron chi connectivity index (χ3n) is 3.29. The molecule has 1 aromatic carbocycles. The normalized spacial score (nSPS) is 12.6. The maximum atomic E-state index is 5.73. The molecule has 0 amide bonds. The van der Waals surface area contributed by atoms with Gasteiger partial charge in [-0.2, -0.15) is 4.98 Å². The van der Waals surface area contributed by atoms with E-state index in [0.717, 1.165) is 24.0 Å². The first-order valence-electron chi connectivity index (χ1n) is 6.90. The van der Waals surface area contributed by atoms with Crippen molar-refractivity contribution < 1.29 is 9.26 Å². The number of nitrogens with two attached hydrogens (primary N) is 1. The molecule has 0 aliphatic carbocycles. The first kappa shape index (κ1) is 14.7. The van der Waals surface area contributed by atoms with Gasteiger partial charge in [-0.15, -0.1) is 0 Å². The van der Waals surface area contributed by atoms with Crippen LogP contribution in [0, 0.1) is 0 Å². The standard InChI is InChI=1S/C15H21N3O2/c1-3-6-13(19-2)15-17-14(20-18-15)9-11-7-4-5-8-12(11)10-16/h4-5,7-8,13H,3,6,9-10,16H2,1-2H3. The molecule has 1 heterocycles. The van der Waals surface area contributed by atoms with Gasteiger partial charge in [-0.3, -0.25) is 0 Å². The van der Waals surface area contributed by atoms with Gasteiger partial charge in [0.1, 0.15) is 6.10 Å². The summed E-state index contributed by atoms with van der Waals surface area (Å²) in [4.78, 5) is 4.43. The fourth-order valence-electron chi connectivity index (χ4n) is 2.18. The van der Waals surface area contributed by atoms with Crippen molar-refractivity contribution in [2.75, 3.05) is 7.11 Å². The number of aromatic nitrogens is 2. The largest absolute Gasteiger partial charge is 0.373 e. The van der Waals surface area contributed by atoms with Gasteiger partial charge in [0.25, 0.3) is 0 Å². The zero-order chi connectivity index (χ0) is 14.4. The zero-order valence-corrected chi connectivity index (χ0v) is 12.0.